The van der Waals surface area contributed by atoms with Crippen molar-refractivity contribution in [1.82, 2.24) is 10.2 Å². The van der Waals surface area contributed by atoms with Gasteiger partial charge in [-0.2, -0.15) is 11.8 Å². The molecule has 2 aliphatic heterocycles. The van der Waals surface area contributed by atoms with Crippen LogP contribution >= 0.6 is 23.1 Å². The summed E-state index contributed by atoms with van der Waals surface area (Å²) >= 11 is 3.98. The highest BCUT2D eigenvalue weighted by Gasteiger charge is 2.24. The molecule has 0 saturated carbocycles. The summed E-state index contributed by atoms with van der Waals surface area (Å²) in [5, 5.41) is 6.00. The van der Waals surface area contributed by atoms with Crippen LogP contribution < -0.4 is 5.32 Å². The van der Waals surface area contributed by atoms with Gasteiger partial charge in [0.15, 0.2) is 0 Å². The third-order valence-electron chi connectivity index (χ3n) is 4.12. The fraction of sp³-hybridized carbons (Fsp3) is 0.733. The van der Waals surface area contributed by atoms with Crippen LogP contribution in [0.3, 0.4) is 0 Å². The van der Waals surface area contributed by atoms with Crippen molar-refractivity contribution in [3.8, 4) is 0 Å². The zero-order valence-corrected chi connectivity index (χ0v) is 13.6. The fourth-order valence-electron chi connectivity index (χ4n) is 2.96. The summed E-state index contributed by atoms with van der Waals surface area (Å²) in [6.45, 7) is 4.95. The number of rotatable bonds is 5. The van der Waals surface area contributed by atoms with E-state index in [-0.39, 0.29) is 0 Å². The van der Waals surface area contributed by atoms with Crippen molar-refractivity contribution >= 4 is 23.1 Å². The Balaban J connectivity index is 1.59. The third kappa shape index (κ3) is 3.98. The van der Waals surface area contributed by atoms with Crippen LogP contribution in [0.2, 0.25) is 0 Å². The second-order valence-electron chi connectivity index (χ2n) is 5.50. The first kappa shape index (κ1) is 14.9. The first-order valence-corrected chi connectivity index (χ1v) is 9.63. The van der Waals surface area contributed by atoms with Gasteiger partial charge in [-0.05, 0) is 30.0 Å². The maximum atomic E-state index is 5.50. The molecule has 0 radical (unpaired) electrons. The topological polar surface area (TPSA) is 24.5 Å². The predicted octanol–water partition coefficient (Wildman–Crippen LogP) is 2.61. The molecular weight excluding hydrogens is 288 g/mol. The summed E-state index contributed by atoms with van der Waals surface area (Å²) in [7, 11) is 0. The highest BCUT2D eigenvalue weighted by molar-refractivity contribution is 7.99. The molecule has 0 spiro atoms. The number of morpholine rings is 1. The molecule has 1 aromatic rings. The number of thiophene rings is 1. The van der Waals surface area contributed by atoms with Gasteiger partial charge < -0.3 is 10.1 Å². The molecule has 2 saturated heterocycles. The SMILES string of the molecule is c1csc([C@@H](CN[C@@H]2CCCSC2)N2CCOCC2)c1. The van der Waals surface area contributed by atoms with Gasteiger partial charge in [-0.25, -0.2) is 0 Å². The van der Waals surface area contributed by atoms with Gasteiger partial charge in [-0.1, -0.05) is 6.07 Å². The van der Waals surface area contributed by atoms with Gasteiger partial charge in [-0.3, -0.25) is 4.90 Å². The molecular formula is C15H24N2OS2. The second kappa shape index (κ2) is 7.80. The first-order chi connectivity index (χ1) is 9.93. The van der Waals surface area contributed by atoms with Crippen LogP contribution in [0.25, 0.3) is 0 Å². The lowest BCUT2D eigenvalue weighted by molar-refractivity contribution is 0.0164. The van der Waals surface area contributed by atoms with Gasteiger partial charge in [0.05, 0.1) is 19.3 Å². The lowest BCUT2D eigenvalue weighted by Crippen LogP contribution is -2.45. The zero-order valence-electron chi connectivity index (χ0n) is 11.9. The average Bonchev–Trinajstić information content (AvgIpc) is 3.04. The predicted molar refractivity (Wildman–Crippen MR) is 87.8 cm³/mol. The maximum absolute atomic E-state index is 5.50. The summed E-state index contributed by atoms with van der Waals surface area (Å²) in [4.78, 5) is 4.07. The Morgan fingerprint density at radius 3 is 3.00 bits per heavy atom. The highest BCUT2D eigenvalue weighted by Crippen LogP contribution is 2.26. The molecule has 2 atom stereocenters. The number of ether oxygens (including phenoxy) is 1. The van der Waals surface area contributed by atoms with Crippen LogP contribution in [-0.4, -0.2) is 55.3 Å². The minimum atomic E-state index is 0.519. The molecule has 0 amide bonds. The molecule has 0 aromatic carbocycles. The monoisotopic (exact) mass is 312 g/mol. The van der Waals surface area contributed by atoms with Crippen molar-refractivity contribution in [3.05, 3.63) is 22.4 Å². The van der Waals surface area contributed by atoms with E-state index < -0.39 is 0 Å². The average molecular weight is 313 g/mol. The van der Waals surface area contributed by atoms with Crippen LogP contribution in [0, 0.1) is 0 Å². The van der Waals surface area contributed by atoms with Crippen molar-refractivity contribution in [2.24, 2.45) is 0 Å². The van der Waals surface area contributed by atoms with Gasteiger partial charge >= 0.3 is 0 Å². The Morgan fingerprint density at radius 2 is 2.30 bits per heavy atom. The zero-order chi connectivity index (χ0) is 13.6. The van der Waals surface area contributed by atoms with Gasteiger partial charge in [0, 0.05) is 36.3 Å². The van der Waals surface area contributed by atoms with E-state index >= 15 is 0 Å². The van der Waals surface area contributed by atoms with Crippen LogP contribution in [-0.2, 0) is 4.74 Å². The number of thioether (sulfide) groups is 1. The fourth-order valence-corrected chi connectivity index (χ4v) is 4.93. The van der Waals surface area contributed by atoms with Gasteiger partial charge in [-0.15, -0.1) is 11.3 Å². The van der Waals surface area contributed by atoms with Crippen LogP contribution in [0.4, 0.5) is 0 Å². The van der Waals surface area contributed by atoms with E-state index in [0.29, 0.717) is 12.1 Å². The minimum Gasteiger partial charge on any atom is -0.379 e. The first-order valence-electron chi connectivity index (χ1n) is 7.60. The summed E-state index contributed by atoms with van der Waals surface area (Å²) in [5.74, 6) is 2.62. The van der Waals surface area contributed by atoms with E-state index in [2.05, 4.69) is 39.5 Å². The lowest BCUT2D eigenvalue weighted by Gasteiger charge is -2.35. The smallest absolute Gasteiger partial charge is 0.0594 e. The maximum Gasteiger partial charge on any atom is 0.0594 e. The summed E-state index contributed by atoms with van der Waals surface area (Å²) in [5.41, 5.74) is 0. The number of hydrogen-bond acceptors (Lipinski definition) is 5. The number of nitrogens with zero attached hydrogens (tertiary/aromatic N) is 1. The van der Waals surface area contributed by atoms with Crippen LogP contribution in [0.15, 0.2) is 17.5 Å². The molecule has 2 fully saturated rings. The van der Waals surface area contributed by atoms with E-state index in [1.807, 2.05) is 11.3 Å². The molecule has 5 heteroatoms. The molecule has 0 aliphatic carbocycles. The molecule has 3 nitrogen and oxygen atoms in total. The molecule has 112 valence electrons. The Bertz CT molecular complexity index is 373. The van der Waals surface area contributed by atoms with E-state index in [4.69, 9.17) is 4.74 Å². The Kier molecular flexibility index (Phi) is 5.79. The van der Waals surface area contributed by atoms with Crippen molar-refractivity contribution in [1.29, 1.82) is 0 Å². The lowest BCUT2D eigenvalue weighted by atomic mass is 10.1. The van der Waals surface area contributed by atoms with Crippen molar-refractivity contribution < 1.29 is 4.74 Å². The molecule has 1 aromatic heterocycles. The minimum absolute atomic E-state index is 0.519. The molecule has 3 heterocycles. The Hall–Kier alpha value is -0.0700. The molecule has 20 heavy (non-hydrogen) atoms. The normalized spacial score (nSPS) is 26.5. The molecule has 2 aliphatic rings. The summed E-state index contributed by atoms with van der Waals surface area (Å²) < 4.78 is 5.50. The van der Waals surface area contributed by atoms with Crippen LogP contribution in [0.1, 0.15) is 23.8 Å². The molecule has 0 bridgehead atoms. The van der Waals surface area contributed by atoms with E-state index in [1.165, 1.54) is 29.2 Å². The van der Waals surface area contributed by atoms with Gasteiger partial charge in [0.1, 0.15) is 0 Å². The molecule has 1 N–H and O–H groups in total. The molecule has 3 rings (SSSR count). The van der Waals surface area contributed by atoms with Gasteiger partial charge in [0.25, 0.3) is 0 Å². The molecule has 0 unspecified atom stereocenters. The quantitative estimate of drug-likeness (QED) is 0.903. The summed E-state index contributed by atoms with van der Waals surface area (Å²) in [6, 6.07) is 5.68. The Morgan fingerprint density at radius 1 is 1.40 bits per heavy atom. The van der Waals surface area contributed by atoms with Crippen molar-refractivity contribution in [2.45, 2.75) is 24.9 Å². The van der Waals surface area contributed by atoms with E-state index in [1.54, 1.807) is 0 Å². The summed E-state index contributed by atoms with van der Waals surface area (Å²) in [6.07, 6.45) is 2.71. The van der Waals surface area contributed by atoms with E-state index in [0.717, 1.165) is 32.8 Å². The van der Waals surface area contributed by atoms with Crippen molar-refractivity contribution in [2.75, 3.05) is 44.4 Å². The third-order valence-corrected chi connectivity index (χ3v) is 6.31. The standard InChI is InChI=1S/C15H24N2OS2/c1-3-13(12-19-9-1)16-11-14(15-4-2-10-20-15)17-5-7-18-8-6-17/h2,4,10,13-14,16H,1,3,5-9,11-12H2/t13-,14-/m1/s1. The largest absolute Gasteiger partial charge is 0.379 e. The number of nitrogens with one attached hydrogen (secondary N) is 1. The van der Waals surface area contributed by atoms with Crippen molar-refractivity contribution in [3.63, 3.8) is 0 Å². The van der Waals surface area contributed by atoms with Crippen LogP contribution in [0.5, 0.6) is 0 Å². The second-order valence-corrected chi connectivity index (χ2v) is 7.63. The number of hydrogen-bond donors (Lipinski definition) is 1. The highest BCUT2D eigenvalue weighted by atomic mass is 32.2. The van der Waals surface area contributed by atoms with Gasteiger partial charge in [0.2, 0.25) is 0 Å². The Labute approximate surface area is 130 Å². The van der Waals surface area contributed by atoms with E-state index in [9.17, 15) is 0 Å².